The third-order valence-corrected chi connectivity index (χ3v) is 4.83. The van der Waals surface area contributed by atoms with Crippen molar-refractivity contribution in [1.29, 1.82) is 0 Å². The number of morpholine rings is 1. The molecular weight excluding hydrogens is 318 g/mol. The van der Waals surface area contributed by atoms with Crippen LogP contribution in [-0.4, -0.2) is 45.9 Å². The zero-order valence-corrected chi connectivity index (χ0v) is 15.2. The van der Waals surface area contributed by atoms with Crippen LogP contribution in [0.5, 0.6) is 5.75 Å². The van der Waals surface area contributed by atoms with Crippen LogP contribution in [0.2, 0.25) is 0 Å². The Balaban J connectivity index is 1.94. The van der Waals surface area contributed by atoms with Crippen molar-refractivity contribution in [3.05, 3.63) is 46.3 Å². The lowest BCUT2D eigenvalue weighted by molar-refractivity contribution is -0.00315. The van der Waals surface area contributed by atoms with Gasteiger partial charge in [-0.05, 0) is 37.5 Å². The lowest BCUT2D eigenvalue weighted by atomic mass is 9.98. The van der Waals surface area contributed by atoms with Gasteiger partial charge in [-0.25, -0.2) is 0 Å². The van der Waals surface area contributed by atoms with Gasteiger partial charge in [-0.1, -0.05) is 19.9 Å². The second-order valence-electron chi connectivity index (χ2n) is 6.87. The molecule has 1 amide bonds. The van der Waals surface area contributed by atoms with E-state index in [-0.39, 0.29) is 17.7 Å². The van der Waals surface area contributed by atoms with Crippen molar-refractivity contribution < 1.29 is 14.6 Å². The second kappa shape index (κ2) is 6.88. The molecule has 3 rings (SSSR count). The molecule has 2 heterocycles. The van der Waals surface area contributed by atoms with Gasteiger partial charge in [0.05, 0.1) is 30.5 Å². The number of aryl methyl sites for hydroxylation is 2. The van der Waals surface area contributed by atoms with E-state index in [1.807, 2.05) is 19.9 Å². The third kappa shape index (κ3) is 3.26. The SMILES string of the molecule is Cc1n[nH]c(C)c1C1COCCN1C(=O)c1ccc(C(C)C)cc1O. The maximum atomic E-state index is 13.1. The Hall–Kier alpha value is -2.34. The van der Waals surface area contributed by atoms with Crippen molar-refractivity contribution in [3.63, 3.8) is 0 Å². The number of nitrogens with one attached hydrogen (secondary N) is 1. The summed E-state index contributed by atoms with van der Waals surface area (Å²) in [6.45, 7) is 9.38. The predicted molar refractivity (Wildman–Crippen MR) is 94.9 cm³/mol. The molecule has 1 atom stereocenters. The van der Waals surface area contributed by atoms with E-state index in [9.17, 15) is 9.90 Å². The summed E-state index contributed by atoms with van der Waals surface area (Å²) in [5, 5.41) is 17.6. The second-order valence-corrected chi connectivity index (χ2v) is 6.87. The Bertz CT molecular complexity index is 763. The molecule has 0 aliphatic carbocycles. The number of phenolic OH excluding ortho intramolecular Hbond substituents is 1. The molecule has 1 saturated heterocycles. The maximum Gasteiger partial charge on any atom is 0.258 e. The van der Waals surface area contributed by atoms with Gasteiger partial charge in [-0.15, -0.1) is 0 Å². The smallest absolute Gasteiger partial charge is 0.258 e. The van der Waals surface area contributed by atoms with Crippen LogP contribution in [0.3, 0.4) is 0 Å². The van der Waals surface area contributed by atoms with Crippen molar-refractivity contribution >= 4 is 5.91 Å². The first-order valence-electron chi connectivity index (χ1n) is 8.63. The molecule has 6 nitrogen and oxygen atoms in total. The topological polar surface area (TPSA) is 78.5 Å². The first-order valence-corrected chi connectivity index (χ1v) is 8.63. The Morgan fingerprint density at radius 1 is 1.40 bits per heavy atom. The number of carbonyl (C=O) groups excluding carboxylic acids is 1. The van der Waals surface area contributed by atoms with E-state index in [1.54, 1.807) is 17.0 Å². The molecular formula is C19H25N3O3. The number of ether oxygens (including phenoxy) is 1. The van der Waals surface area contributed by atoms with E-state index < -0.39 is 0 Å². The number of benzene rings is 1. The average molecular weight is 343 g/mol. The summed E-state index contributed by atoms with van der Waals surface area (Å²) in [5.41, 5.74) is 4.13. The minimum atomic E-state index is -0.204. The van der Waals surface area contributed by atoms with Gasteiger partial charge in [0.15, 0.2) is 0 Å². The molecule has 0 spiro atoms. The van der Waals surface area contributed by atoms with E-state index >= 15 is 0 Å². The van der Waals surface area contributed by atoms with Crippen molar-refractivity contribution in [3.8, 4) is 5.75 Å². The van der Waals surface area contributed by atoms with E-state index in [0.717, 1.165) is 22.5 Å². The largest absolute Gasteiger partial charge is 0.507 e. The fourth-order valence-corrected chi connectivity index (χ4v) is 3.38. The molecule has 1 aliphatic rings. The molecule has 2 aromatic rings. The molecule has 1 unspecified atom stereocenters. The highest BCUT2D eigenvalue weighted by atomic mass is 16.5. The number of carbonyl (C=O) groups is 1. The van der Waals surface area contributed by atoms with Gasteiger partial charge in [0, 0.05) is 17.8 Å². The number of aromatic amines is 1. The summed E-state index contributed by atoms with van der Waals surface area (Å²) in [5.74, 6) is 0.144. The summed E-state index contributed by atoms with van der Waals surface area (Å²) in [4.78, 5) is 14.9. The van der Waals surface area contributed by atoms with Crippen LogP contribution < -0.4 is 0 Å². The Kier molecular flexibility index (Phi) is 4.81. The molecule has 1 fully saturated rings. The first kappa shape index (κ1) is 17.5. The number of hydrogen-bond acceptors (Lipinski definition) is 4. The number of aromatic hydroxyl groups is 1. The molecule has 6 heteroatoms. The van der Waals surface area contributed by atoms with Crippen LogP contribution in [0.4, 0.5) is 0 Å². The summed E-state index contributed by atoms with van der Waals surface area (Å²) >= 11 is 0. The standard InChI is InChI=1S/C19H25N3O3/c1-11(2)14-5-6-15(17(23)9-14)19(24)22-7-8-25-10-16(22)18-12(3)20-21-13(18)4/h5-6,9,11,16,23H,7-8,10H2,1-4H3,(H,20,21). The van der Waals surface area contributed by atoms with E-state index in [0.29, 0.717) is 31.2 Å². The number of hydrogen-bond donors (Lipinski definition) is 2. The molecule has 2 N–H and O–H groups in total. The van der Waals surface area contributed by atoms with Gasteiger partial charge in [-0.2, -0.15) is 5.10 Å². The molecule has 1 aromatic carbocycles. The van der Waals surface area contributed by atoms with Crippen molar-refractivity contribution in [2.45, 2.75) is 39.7 Å². The highest BCUT2D eigenvalue weighted by Crippen LogP contribution is 2.32. The average Bonchev–Trinajstić information content (AvgIpc) is 2.92. The van der Waals surface area contributed by atoms with Crippen LogP contribution >= 0.6 is 0 Å². The van der Waals surface area contributed by atoms with Crippen molar-refractivity contribution in [2.75, 3.05) is 19.8 Å². The van der Waals surface area contributed by atoms with Crippen molar-refractivity contribution in [1.82, 2.24) is 15.1 Å². The van der Waals surface area contributed by atoms with Gasteiger partial charge >= 0.3 is 0 Å². The minimum Gasteiger partial charge on any atom is -0.507 e. The fraction of sp³-hybridized carbons (Fsp3) is 0.474. The van der Waals surface area contributed by atoms with Crippen LogP contribution in [0.15, 0.2) is 18.2 Å². The molecule has 0 saturated carbocycles. The lowest BCUT2D eigenvalue weighted by Crippen LogP contribution is -2.43. The van der Waals surface area contributed by atoms with E-state index in [4.69, 9.17) is 4.74 Å². The minimum absolute atomic E-state index is 0.0297. The molecule has 1 aromatic heterocycles. The Morgan fingerprint density at radius 2 is 2.16 bits per heavy atom. The van der Waals surface area contributed by atoms with Gasteiger partial charge in [0.1, 0.15) is 5.75 Å². The Labute approximate surface area is 147 Å². The number of amides is 1. The molecule has 1 aliphatic heterocycles. The van der Waals surface area contributed by atoms with Crippen LogP contribution in [0.25, 0.3) is 0 Å². The summed E-state index contributed by atoms with van der Waals surface area (Å²) in [6, 6.07) is 5.10. The van der Waals surface area contributed by atoms with Gasteiger partial charge in [-0.3, -0.25) is 9.89 Å². The Morgan fingerprint density at radius 3 is 2.76 bits per heavy atom. The lowest BCUT2D eigenvalue weighted by Gasteiger charge is -2.36. The predicted octanol–water partition coefficient (Wildman–Crippen LogP) is 3.07. The summed E-state index contributed by atoms with van der Waals surface area (Å²) in [6.07, 6.45) is 0. The van der Waals surface area contributed by atoms with Crippen LogP contribution in [0, 0.1) is 13.8 Å². The summed E-state index contributed by atoms with van der Waals surface area (Å²) < 4.78 is 5.61. The third-order valence-electron chi connectivity index (χ3n) is 4.83. The normalized spacial score (nSPS) is 18.0. The fourth-order valence-electron chi connectivity index (χ4n) is 3.38. The quantitative estimate of drug-likeness (QED) is 0.898. The monoisotopic (exact) mass is 343 g/mol. The number of H-pyrrole nitrogens is 1. The number of nitrogens with zero attached hydrogens (tertiary/aromatic N) is 2. The van der Waals surface area contributed by atoms with Crippen LogP contribution in [-0.2, 0) is 4.74 Å². The number of phenols is 1. The van der Waals surface area contributed by atoms with E-state index in [2.05, 4.69) is 24.0 Å². The van der Waals surface area contributed by atoms with Gasteiger partial charge < -0.3 is 14.7 Å². The van der Waals surface area contributed by atoms with Crippen molar-refractivity contribution in [2.24, 2.45) is 0 Å². The summed E-state index contributed by atoms with van der Waals surface area (Å²) in [7, 11) is 0. The number of aromatic nitrogens is 2. The van der Waals surface area contributed by atoms with Gasteiger partial charge in [0.2, 0.25) is 0 Å². The first-order chi connectivity index (χ1) is 11.9. The molecule has 25 heavy (non-hydrogen) atoms. The molecule has 0 radical (unpaired) electrons. The number of rotatable bonds is 3. The molecule has 0 bridgehead atoms. The zero-order valence-electron chi connectivity index (χ0n) is 15.2. The zero-order chi connectivity index (χ0) is 18.1. The van der Waals surface area contributed by atoms with E-state index in [1.165, 1.54) is 0 Å². The highest BCUT2D eigenvalue weighted by molar-refractivity contribution is 5.97. The van der Waals surface area contributed by atoms with Gasteiger partial charge in [0.25, 0.3) is 5.91 Å². The maximum absolute atomic E-state index is 13.1. The molecule has 134 valence electrons. The van der Waals surface area contributed by atoms with Crippen LogP contribution in [0.1, 0.15) is 58.7 Å². The highest BCUT2D eigenvalue weighted by Gasteiger charge is 2.33.